The van der Waals surface area contributed by atoms with Crippen molar-refractivity contribution >= 4 is 17.4 Å². The maximum atomic E-state index is 14.0. The Kier molecular flexibility index (Phi) is 6.15. The van der Waals surface area contributed by atoms with Crippen LogP contribution in [0.5, 0.6) is 0 Å². The molecule has 0 saturated carbocycles. The van der Waals surface area contributed by atoms with Gasteiger partial charge in [0.1, 0.15) is 11.6 Å². The van der Waals surface area contributed by atoms with Crippen LogP contribution in [0.1, 0.15) is 22.7 Å². The zero-order chi connectivity index (χ0) is 22.0. The molecule has 1 N–H and O–H groups in total. The van der Waals surface area contributed by atoms with Gasteiger partial charge in [-0.3, -0.25) is 14.5 Å². The van der Waals surface area contributed by atoms with E-state index in [1.165, 1.54) is 17.0 Å². The monoisotopic (exact) mass is 424 g/mol. The largest absolute Gasteiger partial charge is 0.507 e. The van der Waals surface area contributed by atoms with Crippen LogP contribution in [0.4, 0.5) is 4.39 Å². The van der Waals surface area contributed by atoms with E-state index >= 15 is 0 Å². The van der Waals surface area contributed by atoms with E-state index in [-0.39, 0.29) is 17.9 Å². The average molecular weight is 424 g/mol. The van der Waals surface area contributed by atoms with Gasteiger partial charge in [-0.1, -0.05) is 42.0 Å². The molecule has 0 aliphatic carbocycles. The van der Waals surface area contributed by atoms with Gasteiger partial charge in [-0.25, -0.2) is 4.39 Å². The number of aliphatic hydroxyl groups is 1. The van der Waals surface area contributed by atoms with Gasteiger partial charge in [0.25, 0.3) is 11.7 Å². The zero-order valence-corrected chi connectivity index (χ0v) is 17.4. The number of hydrogen-bond acceptors (Lipinski definition) is 5. The molecular formula is C24H25FN2O4. The Labute approximate surface area is 180 Å². The molecule has 0 unspecified atom stereocenters. The molecular weight excluding hydrogens is 399 g/mol. The molecule has 31 heavy (non-hydrogen) atoms. The normalized spacial score (nSPS) is 21.6. The molecule has 2 fully saturated rings. The molecule has 2 aromatic rings. The minimum absolute atomic E-state index is 0.0126. The Morgan fingerprint density at radius 1 is 1.10 bits per heavy atom. The number of ketones is 1. The summed E-state index contributed by atoms with van der Waals surface area (Å²) < 4.78 is 19.4. The molecule has 0 radical (unpaired) electrons. The Bertz CT molecular complexity index is 1010. The van der Waals surface area contributed by atoms with E-state index < -0.39 is 23.5 Å². The van der Waals surface area contributed by atoms with Crippen molar-refractivity contribution in [2.75, 3.05) is 39.4 Å². The molecule has 0 aromatic heterocycles. The number of aryl methyl sites for hydroxylation is 1. The Morgan fingerprint density at radius 2 is 1.81 bits per heavy atom. The number of ether oxygens (including phenoxy) is 1. The second-order valence-corrected chi connectivity index (χ2v) is 7.87. The Balaban J connectivity index is 1.73. The van der Waals surface area contributed by atoms with Crippen molar-refractivity contribution < 1.29 is 23.8 Å². The summed E-state index contributed by atoms with van der Waals surface area (Å²) in [7, 11) is 0. The lowest BCUT2D eigenvalue weighted by Crippen LogP contribution is -2.42. The first-order valence-corrected chi connectivity index (χ1v) is 10.4. The molecule has 2 aliphatic rings. The predicted octanol–water partition coefficient (Wildman–Crippen LogP) is 2.89. The highest BCUT2D eigenvalue weighted by atomic mass is 19.1. The number of amides is 1. The summed E-state index contributed by atoms with van der Waals surface area (Å²) in [5, 5.41) is 11.0. The number of halogens is 1. The summed E-state index contributed by atoms with van der Waals surface area (Å²) in [6.07, 6.45) is 0. The topological polar surface area (TPSA) is 70.1 Å². The molecule has 1 amide bonds. The van der Waals surface area contributed by atoms with Gasteiger partial charge in [-0.2, -0.15) is 0 Å². The van der Waals surface area contributed by atoms with Crippen molar-refractivity contribution in [3.63, 3.8) is 0 Å². The molecule has 2 saturated heterocycles. The van der Waals surface area contributed by atoms with Gasteiger partial charge in [-0.05, 0) is 24.6 Å². The highest BCUT2D eigenvalue weighted by molar-refractivity contribution is 6.46. The summed E-state index contributed by atoms with van der Waals surface area (Å²) >= 11 is 0. The van der Waals surface area contributed by atoms with Crippen LogP contribution in [0.3, 0.4) is 0 Å². The number of benzene rings is 2. The molecule has 2 heterocycles. The number of carbonyl (C=O) groups is 2. The van der Waals surface area contributed by atoms with Crippen LogP contribution in [0, 0.1) is 12.7 Å². The summed E-state index contributed by atoms with van der Waals surface area (Å²) in [5.74, 6) is -2.15. The van der Waals surface area contributed by atoms with Crippen LogP contribution in [-0.2, 0) is 14.3 Å². The lowest BCUT2D eigenvalue weighted by molar-refractivity contribution is -0.140. The summed E-state index contributed by atoms with van der Waals surface area (Å²) in [6, 6.07) is 12.0. The standard InChI is InChI=1S/C24H25FN2O4/c1-16-5-7-17(8-6-16)22(28)20-21(18-3-2-4-19(25)15-18)27(24(30)23(20)29)10-9-26-11-13-31-14-12-26/h2-8,15,21,28H,9-14H2,1H3/b22-20+/t21-/m0/s1. The molecule has 2 aliphatic heterocycles. The summed E-state index contributed by atoms with van der Waals surface area (Å²) in [4.78, 5) is 29.5. The fourth-order valence-electron chi connectivity index (χ4n) is 4.07. The molecule has 6 nitrogen and oxygen atoms in total. The fourth-order valence-corrected chi connectivity index (χ4v) is 4.07. The lowest BCUT2D eigenvalue weighted by atomic mass is 9.95. The van der Waals surface area contributed by atoms with Crippen LogP contribution in [0.2, 0.25) is 0 Å². The van der Waals surface area contributed by atoms with Gasteiger partial charge in [0.15, 0.2) is 0 Å². The number of hydrogen-bond donors (Lipinski definition) is 1. The molecule has 0 bridgehead atoms. The fraction of sp³-hybridized carbons (Fsp3) is 0.333. The van der Waals surface area contributed by atoms with Crippen LogP contribution < -0.4 is 0 Å². The number of morpholine rings is 1. The van der Waals surface area contributed by atoms with Gasteiger partial charge >= 0.3 is 0 Å². The third kappa shape index (κ3) is 4.38. The van der Waals surface area contributed by atoms with Crippen molar-refractivity contribution in [1.29, 1.82) is 0 Å². The maximum absolute atomic E-state index is 14.0. The van der Waals surface area contributed by atoms with Gasteiger partial charge in [0.05, 0.1) is 24.8 Å². The van der Waals surface area contributed by atoms with E-state index in [2.05, 4.69) is 4.90 Å². The third-order valence-electron chi connectivity index (χ3n) is 5.79. The number of Topliss-reactive ketones (excluding diaryl/α,β-unsaturated/α-hetero) is 1. The molecule has 1 atom stereocenters. The Morgan fingerprint density at radius 3 is 2.48 bits per heavy atom. The second kappa shape index (κ2) is 8.99. The smallest absolute Gasteiger partial charge is 0.295 e. The minimum Gasteiger partial charge on any atom is -0.507 e. The van der Waals surface area contributed by atoms with E-state index in [1.807, 2.05) is 19.1 Å². The summed E-state index contributed by atoms with van der Waals surface area (Å²) in [6.45, 7) is 5.51. The second-order valence-electron chi connectivity index (χ2n) is 7.87. The number of rotatable bonds is 5. The minimum atomic E-state index is -0.849. The molecule has 0 spiro atoms. The number of likely N-dealkylation sites (tertiary alicyclic amines) is 1. The summed E-state index contributed by atoms with van der Waals surface area (Å²) in [5.41, 5.74) is 1.89. The van der Waals surface area contributed by atoms with Crippen molar-refractivity contribution in [1.82, 2.24) is 9.80 Å². The van der Waals surface area contributed by atoms with Crippen molar-refractivity contribution in [2.45, 2.75) is 13.0 Å². The molecule has 7 heteroatoms. The van der Waals surface area contributed by atoms with E-state index in [0.717, 1.165) is 18.7 Å². The third-order valence-corrected chi connectivity index (χ3v) is 5.79. The maximum Gasteiger partial charge on any atom is 0.295 e. The number of carbonyl (C=O) groups excluding carboxylic acids is 2. The van der Waals surface area contributed by atoms with Gasteiger partial charge in [0.2, 0.25) is 0 Å². The van der Waals surface area contributed by atoms with E-state index in [9.17, 15) is 19.1 Å². The molecule has 4 rings (SSSR count). The van der Waals surface area contributed by atoms with E-state index in [0.29, 0.717) is 30.9 Å². The van der Waals surface area contributed by atoms with Gasteiger partial charge in [-0.15, -0.1) is 0 Å². The predicted molar refractivity (Wildman–Crippen MR) is 114 cm³/mol. The highest BCUT2D eigenvalue weighted by Crippen LogP contribution is 2.39. The van der Waals surface area contributed by atoms with Crippen LogP contribution >= 0.6 is 0 Å². The number of nitrogens with zero attached hydrogens (tertiary/aromatic N) is 2. The average Bonchev–Trinajstić information content (AvgIpc) is 3.03. The lowest BCUT2D eigenvalue weighted by Gasteiger charge is -2.31. The first-order valence-electron chi connectivity index (χ1n) is 10.4. The van der Waals surface area contributed by atoms with E-state index in [4.69, 9.17) is 4.74 Å². The molecule has 162 valence electrons. The quantitative estimate of drug-likeness (QED) is 0.454. The number of aliphatic hydroxyl groups excluding tert-OH is 1. The van der Waals surface area contributed by atoms with Crippen LogP contribution in [0.15, 0.2) is 54.1 Å². The van der Waals surface area contributed by atoms with Crippen LogP contribution in [-0.4, -0.2) is 66.0 Å². The highest BCUT2D eigenvalue weighted by Gasteiger charge is 2.46. The van der Waals surface area contributed by atoms with E-state index in [1.54, 1.807) is 24.3 Å². The van der Waals surface area contributed by atoms with Crippen molar-refractivity contribution in [3.8, 4) is 0 Å². The SMILES string of the molecule is Cc1ccc(/C(O)=C2\C(=O)C(=O)N(CCN3CCOCC3)[C@H]2c2cccc(F)c2)cc1. The van der Waals surface area contributed by atoms with Gasteiger partial charge < -0.3 is 14.7 Å². The zero-order valence-electron chi connectivity index (χ0n) is 17.4. The van der Waals surface area contributed by atoms with Crippen LogP contribution in [0.25, 0.3) is 5.76 Å². The Hall–Kier alpha value is -3.03. The molecule has 2 aromatic carbocycles. The first kappa shape index (κ1) is 21.2. The first-order chi connectivity index (χ1) is 15.0. The van der Waals surface area contributed by atoms with Crippen molar-refractivity contribution in [3.05, 3.63) is 76.6 Å². The van der Waals surface area contributed by atoms with Crippen molar-refractivity contribution in [2.24, 2.45) is 0 Å². The van der Waals surface area contributed by atoms with Gasteiger partial charge in [0, 0.05) is 31.7 Å².